The summed E-state index contributed by atoms with van der Waals surface area (Å²) >= 11 is 0. The van der Waals surface area contributed by atoms with E-state index < -0.39 is 12.1 Å². The Bertz CT molecular complexity index is 1100. The molecule has 3 rings (SSSR count). The van der Waals surface area contributed by atoms with Crippen molar-refractivity contribution < 1.29 is 27.9 Å². The van der Waals surface area contributed by atoms with Crippen molar-refractivity contribution in [3.63, 3.8) is 0 Å². The highest BCUT2D eigenvalue weighted by Crippen LogP contribution is 2.17. The average Bonchev–Trinajstić information content (AvgIpc) is 3.01. The van der Waals surface area contributed by atoms with E-state index in [1.807, 2.05) is 42.7 Å². The number of H-pyrrole nitrogens is 1. The molecule has 0 aliphatic carbocycles. The third-order valence-electron chi connectivity index (χ3n) is 3.92. The predicted octanol–water partition coefficient (Wildman–Crippen LogP) is 3.06. The second-order valence-corrected chi connectivity index (χ2v) is 6.03. The van der Waals surface area contributed by atoms with Gasteiger partial charge in [0, 0.05) is 35.4 Å². The number of imidazole rings is 1. The maximum absolute atomic E-state index is 12.1. The monoisotopic (exact) mass is 422 g/mol. The molecule has 0 aliphatic heterocycles. The molecular weight excluding hydrogens is 405 g/mol. The van der Waals surface area contributed by atoms with Gasteiger partial charge >= 0.3 is 12.1 Å². The number of amides is 1. The molecule has 2 aromatic heterocycles. The minimum absolute atomic E-state index is 0.213. The smallest absolute Gasteiger partial charge is 0.475 e. The van der Waals surface area contributed by atoms with Crippen LogP contribution in [0.4, 0.5) is 18.9 Å². The van der Waals surface area contributed by atoms with Gasteiger partial charge in [-0.25, -0.2) is 9.78 Å². The molecule has 3 N–H and O–H groups in total. The summed E-state index contributed by atoms with van der Waals surface area (Å²) in [6, 6.07) is 10.0. The number of pyridine rings is 1. The molecule has 2 heterocycles. The highest BCUT2D eigenvalue weighted by atomic mass is 19.4. The number of aromatic amines is 1. The second kappa shape index (κ2) is 9.07. The number of carboxylic acid groups (broad SMARTS) is 1. The number of carboxylic acids is 1. The molecule has 8 nitrogen and oxygen atoms in total. The van der Waals surface area contributed by atoms with Gasteiger partial charge < -0.3 is 20.0 Å². The molecule has 1 amide bonds. The third kappa shape index (κ3) is 5.80. The van der Waals surface area contributed by atoms with Crippen molar-refractivity contribution in [3.05, 3.63) is 76.2 Å². The number of halogens is 3. The Morgan fingerprint density at radius 1 is 1.13 bits per heavy atom. The fraction of sp³-hybridized carbons (Fsp3) is 0.158. The summed E-state index contributed by atoms with van der Waals surface area (Å²) < 4.78 is 33.7. The van der Waals surface area contributed by atoms with Crippen LogP contribution in [0.1, 0.15) is 21.9 Å². The molecule has 0 spiro atoms. The van der Waals surface area contributed by atoms with Gasteiger partial charge in [0.25, 0.3) is 5.91 Å². The summed E-state index contributed by atoms with van der Waals surface area (Å²) in [7, 11) is 0. The second-order valence-electron chi connectivity index (χ2n) is 6.03. The average molecular weight is 422 g/mol. The number of benzene rings is 1. The minimum Gasteiger partial charge on any atom is -0.475 e. The Morgan fingerprint density at radius 2 is 1.73 bits per heavy atom. The molecule has 0 bridgehead atoms. The Hall–Kier alpha value is -3.89. The van der Waals surface area contributed by atoms with E-state index in [1.165, 1.54) is 18.3 Å². The van der Waals surface area contributed by atoms with E-state index in [0.717, 1.165) is 17.1 Å². The molecule has 0 aliphatic rings. The van der Waals surface area contributed by atoms with Crippen LogP contribution in [0.5, 0.6) is 0 Å². The first kappa shape index (κ1) is 22.4. The lowest BCUT2D eigenvalue weighted by atomic mass is 10.2. The number of hydrogen-bond donors (Lipinski definition) is 3. The van der Waals surface area contributed by atoms with Crippen LogP contribution in [0.3, 0.4) is 0 Å². The van der Waals surface area contributed by atoms with Gasteiger partial charge in [-0.1, -0.05) is 0 Å². The van der Waals surface area contributed by atoms with Crippen LogP contribution in [-0.4, -0.2) is 37.7 Å². The number of aliphatic carboxylic acids is 1. The van der Waals surface area contributed by atoms with Crippen molar-refractivity contribution in [1.82, 2.24) is 14.5 Å². The van der Waals surface area contributed by atoms with Gasteiger partial charge in [0.15, 0.2) is 5.43 Å². The van der Waals surface area contributed by atoms with Crippen LogP contribution in [0.25, 0.3) is 5.69 Å². The molecule has 0 saturated heterocycles. The lowest BCUT2D eigenvalue weighted by Gasteiger charge is -2.08. The summed E-state index contributed by atoms with van der Waals surface area (Å²) in [5.74, 6) is -3.11. The van der Waals surface area contributed by atoms with Crippen LogP contribution in [0, 0.1) is 13.8 Å². The van der Waals surface area contributed by atoms with E-state index in [1.54, 1.807) is 6.33 Å². The van der Waals surface area contributed by atoms with Crippen LogP contribution in [0.2, 0.25) is 0 Å². The van der Waals surface area contributed by atoms with Gasteiger partial charge in [-0.05, 0) is 38.1 Å². The van der Waals surface area contributed by atoms with Crippen molar-refractivity contribution >= 4 is 17.6 Å². The van der Waals surface area contributed by atoms with Crippen molar-refractivity contribution in [2.45, 2.75) is 20.0 Å². The van der Waals surface area contributed by atoms with Crippen LogP contribution in [0.15, 0.2) is 53.7 Å². The van der Waals surface area contributed by atoms with Gasteiger partial charge in [-0.3, -0.25) is 9.59 Å². The van der Waals surface area contributed by atoms with E-state index in [-0.39, 0.29) is 17.0 Å². The number of aromatic nitrogens is 3. The molecular formula is C19H17F3N4O4. The van der Waals surface area contributed by atoms with Gasteiger partial charge in [-0.15, -0.1) is 0 Å². The molecule has 3 aromatic rings. The van der Waals surface area contributed by atoms with Crippen LogP contribution in [-0.2, 0) is 4.79 Å². The van der Waals surface area contributed by atoms with Crippen LogP contribution >= 0.6 is 0 Å². The number of anilines is 1. The molecule has 158 valence electrons. The maximum Gasteiger partial charge on any atom is 0.490 e. The van der Waals surface area contributed by atoms with Crippen LogP contribution < -0.4 is 10.7 Å². The quantitative estimate of drug-likeness (QED) is 0.600. The number of nitrogens with one attached hydrogen (secondary N) is 2. The normalized spacial score (nSPS) is 10.7. The highest BCUT2D eigenvalue weighted by molar-refractivity contribution is 6.02. The number of hydrogen-bond acceptors (Lipinski definition) is 4. The zero-order valence-electron chi connectivity index (χ0n) is 15.8. The van der Waals surface area contributed by atoms with Crippen molar-refractivity contribution in [2.75, 3.05) is 5.32 Å². The zero-order chi connectivity index (χ0) is 22.5. The van der Waals surface area contributed by atoms with Crippen molar-refractivity contribution in [3.8, 4) is 5.69 Å². The molecule has 30 heavy (non-hydrogen) atoms. The Balaban J connectivity index is 0.000000396. The van der Waals surface area contributed by atoms with E-state index in [9.17, 15) is 22.8 Å². The lowest BCUT2D eigenvalue weighted by molar-refractivity contribution is -0.192. The van der Waals surface area contributed by atoms with Gasteiger partial charge in [0.05, 0.1) is 12.0 Å². The molecule has 0 unspecified atom stereocenters. The molecule has 0 saturated carbocycles. The van der Waals surface area contributed by atoms with Crippen molar-refractivity contribution in [2.24, 2.45) is 0 Å². The standard InChI is InChI=1S/C17H16N4O2.C2HF3O2/c1-11-12(2)21(10-19-11)14-5-3-13(4-6-14)20-17(23)16-9-15(22)7-8-18-16;3-2(4,5)1(6)7/h3-10H,1-2H3,(H,18,22)(H,20,23);(H,6,7). The summed E-state index contributed by atoms with van der Waals surface area (Å²) in [6.45, 7) is 3.96. The first-order chi connectivity index (χ1) is 14.0. The van der Waals surface area contributed by atoms with Gasteiger partial charge in [-0.2, -0.15) is 13.2 Å². The minimum atomic E-state index is -5.08. The van der Waals surface area contributed by atoms with E-state index >= 15 is 0 Å². The maximum atomic E-state index is 12.1. The Morgan fingerprint density at radius 3 is 2.20 bits per heavy atom. The number of carbonyl (C=O) groups is 2. The summed E-state index contributed by atoms with van der Waals surface area (Å²) in [5.41, 5.74) is 3.68. The topological polar surface area (TPSA) is 117 Å². The molecule has 11 heteroatoms. The molecule has 0 fully saturated rings. The lowest BCUT2D eigenvalue weighted by Crippen LogP contribution is -2.21. The summed E-state index contributed by atoms with van der Waals surface area (Å²) in [4.78, 5) is 39.3. The predicted molar refractivity (Wildman–Crippen MR) is 102 cm³/mol. The number of nitrogens with zero attached hydrogens (tertiary/aromatic N) is 2. The number of rotatable bonds is 3. The summed E-state index contributed by atoms with van der Waals surface area (Å²) in [6.07, 6.45) is -1.86. The molecule has 0 radical (unpaired) electrons. The number of carbonyl (C=O) groups excluding carboxylic acids is 1. The fourth-order valence-electron chi connectivity index (χ4n) is 2.24. The number of aryl methyl sites for hydroxylation is 1. The van der Waals surface area contributed by atoms with E-state index in [4.69, 9.17) is 9.90 Å². The zero-order valence-corrected chi connectivity index (χ0v) is 15.8. The SMILES string of the molecule is Cc1ncn(-c2ccc(NC(=O)c3cc(=O)cc[nH]3)cc2)c1C.O=C(O)C(F)(F)F. The van der Waals surface area contributed by atoms with Gasteiger partial charge in [0.2, 0.25) is 0 Å². The number of alkyl halides is 3. The molecule has 0 atom stereocenters. The first-order valence-corrected chi connectivity index (χ1v) is 8.40. The highest BCUT2D eigenvalue weighted by Gasteiger charge is 2.38. The Labute approximate surface area is 168 Å². The molecule has 1 aromatic carbocycles. The Kier molecular flexibility index (Phi) is 6.77. The van der Waals surface area contributed by atoms with E-state index in [0.29, 0.717) is 5.69 Å². The fourth-order valence-corrected chi connectivity index (χ4v) is 2.24. The summed E-state index contributed by atoms with van der Waals surface area (Å²) in [5, 5.41) is 9.87. The third-order valence-corrected chi connectivity index (χ3v) is 3.92. The van der Waals surface area contributed by atoms with Gasteiger partial charge in [0.1, 0.15) is 5.69 Å². The van der Waals surface area contributed by atoms with E-state index in [2.05, 4.69) is 15.3 Å². The largest absolute Gasteiger partial charge is 0.490 e. The van der Waals surface area contributed by atoms with Crippen molar-refractivity contribution in [1.29, 1.82) is 0 Å². The first-order valence-electron chi connectivity index (χ1n) is 8.40.